The van der Waals surface area contributed by atoms with Crippen molar-refractivity contribution >= 4 is 31.6 Å². The van der Waals surface area contributed by atoms with Crippen LogP contribution in [0.5, 0.6) is 0 Å². The molecule has 1 aromatic heterocycles. The summed E-state index contributed by atoms with van der Waals surface area (Å²) in [6, 6.07) is 8.53. The Hall–Kier alpha value is -1.44. The van der Waals surface area contributed by atoms with Gasteiger partial charge in [-0.25, -0.2) is 4.98 Å². The highest BCUT2D eigenvalue weighted by atomic mass is 79.9. The molecule has 0 spiro atoms. The molecule has 1 heterocycles. The average Bonchev–Trinajstić information content (AvgIpc) is 2.49. The fraction of sp³-hybridized carbons (Fsp3) is 0.214. The Bertz CT molecular complexity index is 730. The summed E-state index contributed by atoms with van der Waals surface area (Å²) in [7, 11) is -3.70. The molecule has 0 unspecified atom stereocenters. The smallest absolute Gasteiger partial charge is 0.279 e. The van der Waals surface area contributed by atoms with E-state index in [1.807, 2.05) is 13.0 Å². The molecule has 0 bridgehead atoms. The second-order valence-corrected chi connectivity index (χ2v) is 7.01. The number of hydrogen-bond acceptors (Lipinski definition) is 4. The number of nitrogens with two attached hydrogens (primary N) is 1. The summed E-state index contributed by atoms with van der Waals surface area (Å²) in [6.45, 7) is 2.29. The number of aromatic nitrogens is 1. The van der Waals surface area contributed by atoms with E-state index in [-0.39, 0.29) is 5.03 Å². The number of nitrogens with one attached hydrogen (secondary N) is 1. The van der Waals surface area contributed by atoms with Crippen molar-refractivity contribution in [2.24, 2.45) is 5.73 Å². The molecule has 0 atom stereocenters. The number of nitrogens with zero attached hydrogens (tertiary/aromatic N) is 1. The van der Waals surface area contributed by atoms with Crippen LogP contribution in [0, 0.1) is 0 Å². The van der Waals surface area contributed by atoms with Crippen LogP contribution >= 0.6 is 15.9 Å². The van der Waals surface area contributed by atoms with Crippen LogP contribution < -0.4 is 10.5 Å². The second-order valence-electron chi connectivity index (χ2n) is 4.47. The summed E-state index contributed by atoms with van der Waals surface area (Å²) in [6.07, 6.45) is 2.19. The van der Waals surface area contributed by atoms with Crippen molar-refractivity contribution in [2.75, 3.05) is 4.72 Å². The maximum Gasteiger partial charge on any atom is 0.279 e. The van der Waals surface area contributed by atoms with Gasteiger partial charge in [0.2, 0.25) is 0 Å². The third kappa shape index (κ3) is 3.81. The van der Waals surface area contributed by atoms with Crippen molar-refractivity contribution in [3.05, 3.63) is 52.1 Å². The van der Waals surface area contributed by atoms with E-state index in [2.05, 4.69) is 25.6 Å². The zero-order chi connectivity index (χ0) is 15.5. The molecule has 5 nitrogen and oxygen atoms in total. The first-order valence-electron chi connectivity index (χ1n) is 6.42. The van der Waals surface area contributed by atoms with Crippen molar-refractivity contribution < 1.29 is 8.42 Å². The minimum absolute atomic E-state index is 0.0235. The van der Waals surface area contributed by atoms with E-state index in [9.17, 15) is 8.42 Å². The van der Waals surface area contributed by atoms with Crippen LogP contribution in [-0.4, -0.2) is 13.4 Å². The minimum Gasteiger partial charge on any atom is -0.326 e. The van der Waals surface area contributed by atoms with Gasteiger partial charge in [-0.05, 0) is 41.8 Å². The fourth-order valence-electron chi connectivity index (χ4n) is 1.84. The molecule has 0 saturated carbocycles. The third-order valence-electron chi connectivity index (χ3n) is 3.00. The molecular formula is C14H16BrN3O2S. The lowest BCUT2D eigenvalue weighted by Crippen LogP contribution is -2.15. The van der Waals surface area contributed by atoms with Gasteiger partial charge in [-0.3, -0.25) is 4.72 Å². The Morgan fingerprint density at radius 3 is 2.62 bits per heavy atom. The van der Waals surface area contributed by atoms with Crippen molar-refractivity contribution in [3.63, 3.8) is 0 Å². The van der Waals surface area contributed by atoms with E-state index in [0.29, 0.717) is 12.2 Å². The Morgan fingerprint density at radius 1 is 1.29 bits per heavy atom. The number of rotatable bonds is 5. The number of hydrogen-bond donors (Lipinski definition) is 2. The molecule has 0 saturated heterocycles. The molecule has 0 aliphatic heterocycles. The Labute approximate surface area is 132 Å². The van der Waals surface area contributed by atoms with Gasteiger partial charge in [0.15, 0.2) is 5.03 Å². The molecule has 2 rings (SSSR count). The fourth-order valence-corrected chi connectivity index (χ4v) is 3.28. The number of sulfonamides is 1. The second kappa shape index (κ2) is 6.55. The minimum atomic E-state index is -3.70. The zero-order valence-electron chi connectivity index (χ0n) is 11.5. The van der Waals surface area contributed by atoms with Gasteiger partial charge in [-0.1, -0.05) is 28.9 Å². The van der Waals surface area contributed by atoms with Crippen LogP contribution in [0.3, 0.4) is 0 Å². The van der Waals surface area contributed by atoms with E-state index >= 15 is 0 Å². The molecule has 0 amide bonds. The summed E-state index contributed by atoms with van der Waals surface area (Å²) in [5, 5.41) is -0.0235. The first-order chi connectivity index (χ1) is 9.96. The first-order valence-corrected chi connectivity index (χ1v) is 8.70. The maximum atomic E-state index is 12.3. The van der Waals surface area contributed by atoms with Gasteiger partial charge in [-0.2, -0.15) is 8.42 Å². The molecule has 1 aromatic carbocycles. The third-order valence-corrected chi connectivity index (χ3v) is 4.78. The van der Waals surface area contributed by atoms with Crippen LogP contribution in [0.4, 0.5) is 5.69 Å². The topological polar surface area (TPSA) is 85.1 Å². The van der Waals surface area contributed by atoms with E-state index in [1.54, 1.807) is 18.2 Å². The highest BCUT2D eigenvalue weighted by Crippen LogP contribution is 2.24. The Morgan fingerprint density at radius 2 is 2.05 bits per heavy atom. The van der Waals surface area contributed by atoms with Crippen molar-refractivity contribution in [1.29, 1.82) is 0 Å². The highest BCUT2D eigenvalue weighted by Gasteiger charge is 2.17. The van der Waals surface area contributed by atoms with Gasteiger partial charge in [0, 0.05) is 17.2 Å². The van der Waals surface area contributed by atoms with Gasteiger partial charge in [0.05, 0.1) is 5.69 Å². The predicted molar refractivity (Wildman–Crippen MR) is 86.5 cm³/mol. The van der Waals surface area contributed by atoms with Crippen molar-refractivity contribution in [1.82, 2.24) is 4.98 Å². The van der Waals surface area contributed by atoms with Gasteiger partial charge >= 0.3 is 0 Å². The average molecular weight is 370 g/mol. The van der Waals surface area contributed by atoms with E-state index in [4.69, 9.17) is 5.73 Å². The van der Waals surface area contributed by atoms with Crippen LogP contribution in [0.15, 0.2) is 46.0 Å². The zero-order valence-corrected chi connectivity index (χ0v) is 13.9. The normalized spacial score (nSPS) is 11.4. The molecular weight excluding hydrogens is 354 g/mol. The van der Waals surface area contributed by atoms with Crippen LogP contribution in [0.25, 0.3) is 0 Å². The SMILES string of the molecule is CCc1cc(Br)ccc1NS(=O)(=O)c1ccc(CN)cn1. The lowest BCUT2D eigenvalue weighted by molar-refractivity contribution is 0.597. The molecule has 0 aliphatic rings. The molecule has 0 fully saturated rings. The van der Waals surface area contributed by atoms with Gasteiger partial charge in [0.1, 0.15) is 0 Å². The van der Waals surface area contributed by atoms with E-state index < -0.39 is 10.0 Å². The first kappa shape index (κ1) is 15.9. The predicted octanol–water partition coefficient (Wildman–Crippen LogP) is 2.67. The molecule has 3 N–H and O–H groups in total. The number of benzene rings is 1. The lowest BCUT2D eigenvalue weighted by atomic mass is 10.1. The van der Waals surface area contributed by atoms with E-state index in [0.717, 1.165) is 22.0 Å². The molecule has 7 heteroatoms. The molecule has 0 radical (unpaired) electrons. The van der Waals surface area contributed by atoms with Crippen LogP contribution in [0.2, 0.25) is 0 Å². The Balaban J connectivity index is 2.32. The molecule has 21 heavy (non-hydrogen) atoms. The molecule has 112 valence electrons. The number of pyridine rings is 1. The van der Waals surface area contributed by atoms with Gasteiger partial charge < -0.3 is 5.73 Å². The van der Waals surface area contributed by atoms with Gasteiger partial charge in [-0.15, -0.1) is 0 Å². The number of aryl methyl sites for hydroxylation is 1. The van der Waals surface area contributed by atoms with Crippen LogP contribution in [-0.2, 0) is 23.0 Å². The summed E-state index contributed by atoms with van der Waals surface area (Å²) in [4.78, 5) is 3.95. The number of halogens is 1. The van der Waals surface area contributed by atoms with E-state index in [1.165, 1.54) is 12.3 Å². The van der Waals surface area contributed by atoms with Gasteiger partial charge in [0.25, 0.3) is 10.0 Å². The summed E-state index contributed by atoms with van der Waals surface area (Å²) < 4.78 is 28.2. The number of anilines is 1. The summed E-state index contributed by atoms with van der Waals surface area (Å²) in [5.74, 6) is 0. The quantitative estimate of drug-likeness (QED) is 0.848. The maximum absolute atomic E-state index is 12.3. The Kier molecular flexibility index (Phi) is 4.97. The molecule has 0 aliphatic carbocycles. The summed E-state index contributed by atoms with van der Waals surface area (Å²) in [5.41, 5.74) is 7.73. The monoisotopic (exact) mass is 369 g/mol. The standard InChI is InChI=1S/C14H16BrN3O2S/c1-2-11-7-12(15)4-5-13(11)18-21(19,20)14-6-3-10(8-16)9-17-14/h3-7,9,18H,2,8,16H2,1H3. The largest absolute Gasteiger partial charge is 0.326 e. The lowest BCUT2D eigenvalue weighted by Gasteiger charge is -2.12. The van der Waals surface area contributed by atoms with Crippen molar-refractivity contribution in [2.45, 2.75) is 24.9 Å². The molecule has 2 aromatic rings. The highest BCUT2D eigenvalue weighted by molar-refractivity contribution is 9.10. The summed E-state index contributed by atoms with van der Waals surface area (Å²) >= 11 is 3.38. The van der Waals surface area contributed by atoms with Crippen LogP contribution in [0.1, 0.15) is 18.1 Å². The van der Waals surface area contributed by atoms with Crippen molar-refractivity contribution in [3.8, 4) is 0 Å².